The predicted molar refractivity (Wildman–Crippen MR) is 111 cm³/mol. The van der Waals surface area contributed by atoms with Crippen LogP contribution in [0.15, 0.2) is 23.1 Å². The van der Waals surface area contributed by atoms with Gasteiger partial charge >= 0.3 is 6.03 Å². The fraction of sp³-hybridized carbons (Fsp3) is 0.526. The van der Waals surface area contributed by atoms with E-state index < -0.39 is 40.0 Å². The van der Waals surface area contributed by atoms with Crippen molar-refractivity contribution in [3.8, 4) is 0 Å². The van der Waals surface area contributed by atoms with Crippen LogP contribution < -0.4 is 10.6 Å². The summed E-state index contributed by atoms with van der Waals surface area (Å²) in [7, 11) is -3.86. The van der Waals surface area contributed by atoms with Crippen molar-refractivity contribution in [1.29, 1.82) is 0 Å². The van der Waals surface area contributed by atoms with E-state index in [4.69, 9.17) is 16.3 Å². The van der Waals surface area contributed by atoms with E-state index in [1.54, 1.807) is 0 Å². The molecule has 1 spiro atoms. The first-order chi connectivity index (χ1) is 14.7. The van der Waals surface area contributed by atoms with Gasteiger partial charge in [0.25, 0.3) is 5.91 Å². The van der Waals surface area contributed by atoms with Gasteiger partial charge in [-0.05, 0) is 31.0 Å². The lowest BCUT2D eigenvalue weighted by atomic mass is 9.98. The number of rotatable bonds is 5. The second-order valence-corrected chi connectivity index (χ2v) is 10.1. The minimum Gasteiger partial charge on any atom is -0.379 e. The topological polar surface area (TPSA) is 125 Å². The molecule has 3 aliphatic rings. The van der Waals surface area contributed by atoms with Crippen molar-refractivity contribution in [2.24, 2.45) is 0 Å². The highest BCUT2D eigenvalue weighted by atomic mass is 35.5. The molecule has 1 saturated carbocycles. The van der Waals surface area contributed by atoms with Crippen LogP contribution in [-0.4, -0.2) is 73.9 Å². The van der Waals surface area contributed by atoms with Gasteiger partial charge in [-0.2, -0.15) is 4.31 Å². The minimum absolute atomic E-state index is 0.0294. The standard InChI is InChI=1S/C19H23ClN4O6S/c20-14-4-3-13(11-15(14)31(28,29)23-7-9-30-10-8-23)21-16(25)12-24-17(26)19(22-18(24)27)5-1-2-6-19/h3-4,11H,1-2,5-10,12H2,(H,21,25)(H,22,27). The van der Waals surface area contributed by atoms with Crippen molar-refractivity contribution in [3.05, 3.63) is 23.2 Å². The van der Waals surface area contributed by atoms with E-state index in [1.807, 2.05) is 0 Å². The zero-order valence-electron chi connectivity index (χ0n) is 16.7. The first kappa shape index (κ1) is 22.0. The average Bonchev–Trinajstić information content (AvgIpc) is 3.30. The third-order valence-electron chi connectivity index (χ3n) is 5.81. The number of morpholine rings is 1. The Morgan fingerprint density at radius 2 is 1.87 bits per heavy atom. The molecule has 2 heterocycles. The van der Waals surface area contributed by atoms with Gasteiger partial charge in [0, 0.05) is 18.8 Å². The van der Waals surface area contributed by atoms with Crippen molar-refractivity contribution >= 4 is 45.2 Å². The Morgan fingerprint density at radius 1 is 1.19 bits per heavy atom. The number of imide groups is 1. The summed E-state index contributed by atoms with van der Waals surface area (Å²) in [4.78, 5) is 38.2. The SMILES string of the molecule is O=C(CN1C(=O)NC2(CCCC2)C1=O)Nc1ccc(Cl)c(S(=O)(=O)N2CCOCC2)c1. The lowest BCUT2D eigenvalue weighted by Crippen LogP contribution is -2.44. The lowest BCUT2D eigenvalue weighted by Gasteiger charge is -2.26. The minimum atomic E-state index is -3.86. The summed E-state index contributed by atoms with van der Waals surface area (Å²) >= 11 is 6.13. The van der Waals surface area contributed by atoms with E-state index in [0.29, 0.717) is 26.1 Å². The molecule has 0 radical (unpaired) electrons. The molecule has 2 N–H and O–H groups in total. The first-order valence-corrected chi connectivity index (χ1v) is 11.9. The quantitative estimate of drug-likeness (QED) is 0.622. The van der Waals surface area contributed by atoms with Crippen molar-refractivity contribution in [2.75, 3.05) is 38.2 Å². The van der Waals surface area contributed by atoms with E-state index in [2.05, 4.69) is 10.6 Å². The molecular weight excluding hydrogens is 448 g/mol. The van der Waals surface area contributed by atoms with Crippen LogP contribution in [0.25, 0.3) is 0 Å². The number of urea groups is 1. The van der Waals surface area contributed by atoms with Gasteiger partial charge in [0.2, 0.25) is 15.9 Å². The lowest BCUT2D eigenvalue weighted by molar-refractivity contribution is -0.133. The fourth-order valence-corrected chi connectivity index (χ4v) is 6.09. The third kappa shape index (κ3) is 4.14. The van der Waals surface area contributed by atoms with Gasteiger partial charge < -0.3 is 15.4 Å². The maximum absolute atomic E-state index is 12.9. The van der Waals surface area contributed by atoms with Crippen LogP contribution in [0.2, 0.25) is 5.02 Å². The van der Waals surface area contributed by atoms with Gasteiger partial charge in [0.1, 0.15) is 17.0 Å². The van der Waals surface area contributed by atoms with E-state index in [-0.39, 0.29) is 28.7 Å². The number of amides is 4. The number of nitrogens with zero attached hydrogens (tertiary/aromatic N) is 2. The number of sulfonamides is 1. The molecule has 12 heteroatoms. The van der Waals surface area contributed by atoms with Gasteiger partial charge in [-0.1, -0.05) is 24.4 Å². The summed E-state index contributed by atoms with van der Waals surface area (Å²) in [5, 5.41) is 5.30. The molecule has 2 saturated heterocycles. The summed E-state index contributed by atoms with van der Waals surface area (Å²) in [6.45, 7) is 0.550. The number of carbonyl (C=O) groups excluding carboxylic acids is 3. The molecule has 10 nitrogen and oxygen atoms in total. The van der Waals surface area contributed by atoms with Gasteiger partial charge in [-0.15, -0.1) is 0 Å². The van der Waals surface area contributed by atoms with Crippen molar-refractivity contribution in [1.82, 2.24) is 14.5 Å². The van der Waals surface area contributed by atoms with Crippen LogP contribution in [0.5, 0.6) is 0 Å². The van der Waals surface area contributed by atoms with Crippen LogP contribution in [0.4, 0.5) is 10.5 Å². The van der Waals surface area contributed by atoms with Crippen LogP contribution in [0.1, 0.15) is 25.7 Å². The van der Waals surface area contributed by atoms with Crippen LogP contribution in [0.3, 0.4) is 0 Å². The largest absolute Gasteiger partial charge is 0.379 e. The monoisotopic (exact) mass is 470 g/mol. The Labute approximate surface area is 184 Å². The number of ether oxygens (including phenoxy) is 1. The number of hydrogen-bond acceptors (Lipinski definition) is 6. The number of benzene rings is 1. The number of hydrogen-bond donors (Lipinski definition) is 2. The number of carbonyl (C=O) groups is 3. The predicted octanol–water partition coefficient (Wildman–Crippen LogP) is 1.16. The highest BCUT2D eigenvalue weighted by Crippen LogP contribution is 2.35. The molecule has 0 atom stereocenters. The van der Waals surface area contributed by atoms with Gasteiger partial charge in [0.05, 0.1) is 18.2 Å². The van der Waals surface area contributed by atoms with Gasteiger partial charge in [0.15, 0.2) is 0 Å². The summed E-state index contributed by atoms with van der Waals surface area (Å²) < 4.78 is 32.3. The van der Waals surface area contributed by atoms with Crippen LogP contribution in [-0.2, 0) is 24.3 Å². The van der Waals surface area contributed by atoms with Gasteiger partial charge in [-0.25, -0.2) is 13.2 Å². The maximum Gasteiger partial charge on any atom is 0.325 e. The Hall–Kier alpha value is -2.21. The molecule has 31 heavy (non-hydrogen) atoms. The zero-order valence-corrected chi connectivity index (χ0v) is 18.3. The second-order valence-electron chi connectivity index (χ2n) is 7.82. The second kappa shape index (κ2) is 8.38. The zero-order chi connectivity index (χ0) is 22.2. The van der Waals surface area contributed by atoms with E-state index in [9.17, 15) is 22.8 Å². The first-order valence-electron chi connectivity index (χ1n) is 10.0. The smallest absolute Gasteiger partial charge is 0.325 e. The molecule has 2 aliphatic heterocycles. The summed E-state index contributed by atoms with van der Waals surface area (Å²) in [6, 6.07) is 3.53. The average molecular weight is 471 g/mol. The molecule has 0 bridgehead atoms. The van der Waals surface area contributed by atoms with Crippen molar-refractivity contribution in [2.45, 2.75) is 36.1 Å². The van der Waals surface area contributed by atoms with Crippen LogP contribution in [0, 0.1) is 0 Å². The number of anilines is 1. The van der Waals surface area contributed by atoms with Gasteiger partial charge in [-0.3, -0.25) is 14.5 Å². The third-order valence-corrected chi connectivity index (χ3v) is 8.19. The van der Waals surface area contributed by atoms with E-state index in [0.717, 1.165) is 17.7 Å². The highest BCUT2D eigenvalue weighted by Gasteiger charge is 2.52. The molecule has 1 aliphatic carbocycles. The Morgan fingerprint density at radius 3 is 2.55 bits per heavy atom. The van der Waals surface area contributed by atoms with Crippen LogP contribution >= 0.6 is 11.6 Å². The van der Waals surface area contributed by atoms with E-state index in [1.165, 1.54) is 22.5 Å². The number of halogens is 1. The molecule has 4 rings (SSSR count). The van der Waals surface area contributed by atoms with Crippen molar-refractivity contribution in [3.63, 3.8) is 0 Å². The highest BCUT2D eigenvalue weighted by molar-refractivity contribution is 7.89. The summed E-state index contributed by atoms with van der Waals surface area (Å²) in [6.07, 6.45) is 2.82. The fourth-order valence-electron chi connectivity index (χ4n) is 4.19. The molecule has 0 unspecified atom stereocenters. The Bertz CT molecular complexity index is 1020. The Balaban J connectivity index is 1.47. The van der Waals surface area contributed by atoms with Crippen molar-refractivity contribution < 1.29 is 27.5 Å². The molecule has 1 aromatic carbocycles. The molecule has 168 valence electrons. The molecular formula is C19H23ClN4O6S. The summed E-state index contributed by atoms with van der Waals surface area (Å²) in [5.41, 5.74) is -0.694. The molecule has 3 fully saturated rings. The molecule has 4 amide bonds. The maximum atomic E-state index is 12.9. The summed E-state index contributed by atoms with van der Waals surface area (Å²) in [5.74, 6) is -1.01. The molecule has 0 aromatic heterocycles. The number of nitrogens with one attached hydrogen (secondary N) is 2. The Kier molecular flexibility index (Phi) is 5.95. The molecule has 1 aromatic rings. The van der Waals surface area contributed by atoms with E-state index >= 15 is 0 Å². The normalized spacial score (nSPS) is 21.5.